The Labute approximate surface area is 435 Å². The normalized spacial score (nSPS) is 16.5. The number of carbonyl (C=O) groups is 5. The third kappa shape index (κ3) is 11.2. The Morgan fingerprint density at radius 2 is 1.68 bits per heavy atom. The number of carbonyl (C=O) groups excluding carboxylic acids is 5. The van der Waals surface area contributed by atoms with E-state index in [4.69, 9.17) is 14.5 Å². The Balaban J connectivity index is 0.727. The average molecular weight is 1040 g/mol. The first-order chi connectivity index (χ1) is 36.0. The van der Waals surface area contributed by atoms with Crippen LogP contribution in [0, 0.1) is 17.6 Å². The van der Waals surface area contributed by atoms with Crippen LogP contribution in [0.1, 0.15) is 103 Å². The smallest absolute Gasteiger partial charge is 0.358 e. The van der Waals surface area contributed by atoms with E-state index >= 15 is 8.78 Å². The fraction of sp³-hybridized carbons (Fsp3) is 0.357. The fourth-order valence-electron chi connectivity index (χ4n) is 10.3. The standard InChI is InChI=1S/C56H57F2N9O7S/c1-56(2,3)74-54(72)50-36(17-20-45(61-50)67-27-24-33-10-7-11-37(40(33)30-67)52(70)63-55-60-42-12-5-6-13-44(42)75-55)35-15-14-34(29-41(35)57)73-28-8-9-32-22-25-66(26-23-32)31-47(69)59-43-19-16-38-49(64-65(4)51(38)48(43)58)39-18-21-46(68)62-53(39)71/h5-7,10-17,19-20,29,32,39H,8-9,18,21-28,30-31H2,1-4H3,(H,59,69)(H,60,63,70)(H,62,68,71). The molecule has 0 aliphatic carbocycles. The lowest BCUT2D eigenvalue weighted by molar-refractivity contribution is -0.134. The number of anilines is 3. The summed E-state index contributed by atoms with van der Waals surface area (Å²) >= 11 is 1.41. The number of nitrogens with one attached hydrogen (secondary N) is 3. The molecule has 3 N–H and O–H groups in total. The van der Waals surface area contributed by atoms with Crippen LogP contribution < -0.4 is 25.6 Å². The molecule has 4 amide bonds. The summed E-state index contributed by atoms with van der Waals surface area (Å²) < 4.78 is 46.1. The number of rotatable bonds is 14. The van der Waals surface area contributed by atoms with Crippen molar-refractivity contribution in [3.05, 3.63) is 125 Å². The van der Waals surface area contributed by atoms with Gasteiger partial charge in [-0.2, -0.15) is 5.10 Å². The minimum Gasteiger partial charge on any atom is -0.493 e. The molecule has 1 atom stereocenters. The number of para-hydroxylation sites is 1. The third-order valence-electron chi connectivity index (χ3n) is 14.0. The number of nitrogens with zero attached hydrogens (tertiary/aromatic N) is 6. The van der Waals surface area contributed by atoms with Gasteiger partial charge in [-0.25, -0.2) is 23.5 Å². The summed E-state index contributed by atoms with van der Waals surface area (Å²) in [5, 5.41) is 13.4. The summed E-state index contributed by atoms with van der Waals surface area (Å²) in [6.45, 7) is 8.07. The summed E-state index contributed by atoms with van der Waals surface area (Å²) in [5.41, 5.74) is 3.36. The van der Waals surface area contributed by atoms with Crippen LogP contribution in [0.5, 0.6) is 5.75 Å². The van der Waals surface area contributed by atoms with Crippen LogP contribution >= 0.6 is 11.3 Å². The number of fused-ring (bicyclic) bond motifs is 3. The van der Waals surface area contributed by atoms with Crippen molar-refractivity contribution in [2.24, 2.45) is 13.0 Å². The number of likely N-dealkylation sites (tertiary alicyclic amines) is 1. The number of esters is 1. The van der Waals surface area contributed by atoms with Gasteiger partial charge in [0, 0.05) is 54.7 Å². The van der Waals surface area contributed by atoms with E-state index in [0.29, 0.717) is 78.5 Å². The van der Waals surface area contributed by atoms with Crippen LogP contribution in [0.2, 0.25) is 0 Å². The van der Waals surface area contributed by atoms with Gasteiger partial charge in [0.05, 0.1) is 40.7 Å². The molecule has 0 spiro atoms. The second-order valence-electron chi connectivity index (χ2n) is 20.4. The van der Waals surface area contributed by atoms with Crippen molar-refractivity contribution < 1.29 is 42.2 Å². The zero-order chi connectivity index (χ0) is 52.5. The molecule has 7 aromatic rings. The van der Waals surface area contributed by atoms with E-state index in [9.17, 15) is 24.0 Å². The van der Waals surface area contributed by atoms with E-state index < -0.39 is 35.0 Å². The second-order valence-corrected chi connectivity index (χ2v) is 21.4. The van der Waals surface area contributed by atoms with Crippen LogP contribution in [0.25, 0.3) is 32.2 Å². The molecule has 3 aliphatic heterocycles. The number of benzene rings is 4. The zero-order valence-corrected chi connectivity index (χ0v) is 43.0. The predicted octanol–water partition coefficient (Wildman–Crippen LogP) is 9.32. The van der Waals surface area contributed by atoms with E-state index in [1.165, 1.54) is 28.2 Å². The molecule has 0 bridgehead atoms. The van der Waals surface area contributed by atoms with Gasteiger partial charge in [-0.05, 0) is 144 Å². The molecule has 1 unspecified atom stereocenters. The van der Waals surface area contributed by atoms with Crippen LogP contribution in [0.15, 0.2) is 84.9 Å². The molecule has 6 heterocycles. The second kappa shape index (κ2) is 21.3. The minimum absolute atomic E-state index is 0.0216. The number of imide groups is 1. The third-order valence-corrected chi connectivity index (χ3v) is 14.9. The molecular weight excluding hydrogens is 981 g/mol. The highest BCUT2D eigenvalue weighted by Crippen LogP contribution is 2.36. The first-order valence-corrected chi connectivity index (χ1v) is 26.1. The lowest BCUT2D eigenvalue weighted by atomic mass is 9.92. The molecule has 4 aromatic carbocycles. The van der Waals surface area contributed by atoms with Gasteiger partial charge >= 0.3 is 5.97 Å². The van der Waals surface area contributed by atoms with Crippen LogP contribution in [0.3, 0.4) is 0 Å². The van der Waals surface area contributed by atoms with Crippen molar-refractivity contribution in [3.8, 4) is 16.9 Å². The van der Waals surface area contributed by atoms with Gasteiger partial charge in [0.25, 0.3) is 5.91 Å². The van der Waals surface area contributed by atoms with E-state index in [-0.39, 0.29) is 65.1 Å². The quantitative estimate of drug-likeness (QED) is 0.0533. The van der Waals surface area contributed by atoms with E-state index in [1.54, 1.807) is 64.2 Å². The molecule has 19 heteroatoms. The number of hydrogen-bond acceptors (Lipinski definition) is 13. The van der Waals surface area contributed by atoms with Gasteiger partial charge < -0.3 is 19.7 Å². The lowest BCUT2D eigenvalue weighted by Crippen LogP contribution is -2.39. The summed E-state index contributed by atoms with van der Waals surface area (Å²) in [6.07, 6.45) is 4.46. The highest BCUT2D eigenvalue weighted by atomic mass is 32.1. The van der Waals surface area contributed by atoms with Crippen molar-refractivity contribution in [1.82, 2.24) is 30.0 Å². The average Bonchev–Trinajstić information content (AvgIpc) is 3.97. The summed E-state index contributed by atoms with van der Waals surface area (Å²) in [5.74, 6) is -2.76. The number of thiazole rings is 1. The molecule has 10 rings (SSSR count). The molecule has 3 aromatic heterocycles. The summed E-state index contributed by atoms with van der Waals surface area (Å²) in [4.78, 5) is 78.3. The number of aromatic nitrogens is 4. The summed E-state index contributed by atoms with van der Waals surface area (Å²) in [7, 11) is 1.58. The van der Waals surface area contributed by atoms with Gasteiger partial charge in [-0.15, -0.1) is 0 Å². The number of halogens is 2. The summed E-state index contributed by atoms with van der Waals surface area (Å²) in [6, 6.07) is 24.5. The van der Waals surface area contributed by atoms with Crippen LogP contribution in [-0.4, -0.2) is 92.6 Å². The van der Waals surface area contributed by atoms with Crippen LogP contribution in [0.4, 0.5) is 25.4 Å². The number of piperidine rings is 2. The highest BCUT2D eigenvalue weighted by Gasteiger charge is 2.33. The SMILES string of the molecule is Cn1nc(C2CCC(=O)NC2=O)c2ccc(NC(=O)CN3CCC(CCCOc4ccc(-c5ccc(N6CCc7cccc(C(=O)Nc8nc9ccccc9s8)c7C6)nc5C(=O)OC(C)(C)C)c(F)c4)CC3)c(F)c21. The van der Waals surface area contributed by atoms with Gasteiger partial charge in [-0.1, -0.05) is 35.6 Å². The highest BCUT2D eigenvalue weighted by molar-refractivity contribution is 7.22. The number of amides is 4. The molecule has 75 heavy (non-hydrogen) atoms. The molecule has 2 saturated heterocycles. The maximum absolute atomic E-state index is 16.1. The molecule has 0 radical (unpaired) electrons. The fourth-order valence-corrected chi connectivity index (χ4v) is 11.1. The molecular formula is C56H57F2N9O7S. The van der Waals surface area contributed by atoms with Crippen molar-refractivity contribution in [1.29, 1.82) is 0 Å². The maximum Gasteiger partial charge on any atom is 0.358 e. The molecule has 3 aliphatic rings. The Hall–Kier alpha value is -7.64. The van der Waals surface area contributed by atoms with Gasteiger partial charge in [0.1, 0.15) is 28.5 Å². The first kappa shape index (κ1) is 50.9. The van der Waals surface area contributed by atoms with Gasteiger partial charge in [0.15, 0.2) is 16.6 Å². The van der Waals surface area contributed by atoms with Crippen molar-refractivity contribution in [2.45, 2.75) is 83.8 Å². The Morgan fingerprint density at radius 1 is 0.880 bits per heavy atom. The zero-order valence-electron chi connectivity index (χ0n) is 42.1. The topological polar surface area (TPSA) is 190 Å². The van der Waals surface area contributed by atoms with Crippen molar-refractivity contribution >= 4 is 78.7 Å². The van der Waals surface area contributed by atoms with Gasteiger partial charge in [0.2, 0.25) is 17.7 Å². The molecule has 0 saturated carbocycles. The van der Waals surface area contributed by atoms with Crippen LogP contribution in [-0.2, 0) is 39.1 Å². The van der Waals surface area contributed by atoms with Crippen molar-refractivity contribution in [2.75, 3.05) is 48.3 Å². The number of aryl methyl sites for hydroxylation is 1. The van der Waals surface area contributed by atoms with Gasteiger partial charge in [-0.3, -0.25) is 39.4 Å². The van der Waals surface area contributed by atoms with Crippen molar-refractivity contribution in [3.63, 3.8) is 0 Å². The predicted molar refractivity (Wildman–Crippen MR) is 282 cm³/mol. The van der Waals surface area contributed by atoms with E-state index in [0.717, 1.165) is 47.0 Å². The number of pyridine rings is 1. The Morgan fingerprint density at radius 3 is 2.45 bits per heavy atom. The Bertz CT molecular complexity index is 3350. The minimum atomic E-state index is -0.846. The molecule has 388 valence electrons. The maximum atomic E-state index is 16.1. The lowest BCUT2D eigenvalue weighted by Gasteiger charge is -2.31. The van der Waals surface area contributed by atoms with E-state index in [1.807, 2.05) is 46.2 Å². The Kier molecular flexibility index (Phi) is 14.4. The largest absolute Gasteiger partial charge is 0.493 e. The molecule has 16 nitrogen and oxygen atoms in total. The monoisotopic (exact) mass is 1040 g/mol. The first-order valence-electron chi connectivity index (χ1n) is 25.3. The van der Waals surface area contributed by atoms with E-state index in [2.05, 4.69) is 26.0 Å². The number of ether oxygens (including phenoxy) is 2. The number of hydrogen-bond donors (Lipinski definition) is 3. The molecule has 2 fully saturated rings.